The maximum Gasteiger partial charge on any atom is 0.229 e. The van der Waals surface area contributed by atoms with Crippen molar-refractivity contribution in [3.63, 3.8) is 0 Å². The average Bonchev–Trinajstić information content (AvgIpc) is 2.91. The van der Waals surface area contributed by atoms with Crippen LogP contribution in [0.25, 0.3) is 6.08 Å². The summed E-state index contributed by atoms with van der Waals surface area (Å²) in [6, 6.07) is 3.15. The highest BCUT2D eigenvalue weighted by Crippen LogP contribution is 2.41. The lowest BCUT2D eigenvalue weighted by Gasteiger charge is -2.45. The van der Waals surface area contributed by atoms with Crippen molar-refractivity contribution in [2.75, 3.05) is 34.0 Å². The molecule has 0 bridgehead atoms. The second kappa shape index (κ2) is 13.1. The van der Waals surface area contributed by atoms with Crippen LogP contribution in [0.15, 0.2) is 18.2 Å². The van der Waals surface area contributed by atoms with Gasteiger partial charge in [-0.2, -0.15) is 0 Å². The summed E-state index contributed by atoms with van der Waals surface area (Å²) in [7, 11) is 2.74. The van der Waals surface area contributed by atoms with Crippen LogP contribution >= 0.6 is 0 Å². The van der Waals surface area contributed by atoms with Crippen LogP contribution in [0.5, 0.6) is 17.2 Å². The van der Waals surface area contributed by atoms with E-state index in [0.29, 0.717) is 5.56 Å². The Labute approximate surface area is 212 Å². The minimum Gasteiger partial charge on any atom is -0.493 e. The van der Waals surface area contributed by atoms with Crippen LogP contribution in [0.2, 0.25) is 0 Å². The number of aliphatic hydroxyl groups is 8. The number of rotatable bonds is 10. The summed E-state index contributed by atoms with van der Waals surface area (Å²) in [5, 5.41) is 80.0. The van der Waals surface area contributed by atoms with E-state index in [1.165, 1.54) is 20.3 Å². The summed E-state index contributed by atoms with van der Waals surface area (Å²) in [6.45, 7) is -1.60. The highest BCUT2D eigenvalue weighted by molar-refractivity contribution is 5.62. The van der Waals surface area contributed by atoms with Gasteiger partial charge in [-0.3, -0.25) is 0 Å². The molecule has 2 fully saturated rings. The molecule has 0 amide bonds. The third-order valence-electron chi connectivity index (χ3n) is 6.09. The smallest absolute Gasteiger partial charge is 0.229 e. The number of benzene rings is 1. The molecule has 0 saturated carbocycles. The molecule has 0 spiro atoms. The summed E-state index contributed by atoms with van der Waals surface area (Å²) in [5.74, 6) is 0.386. The minimum atomic E-state index is -1.78. The summed E-state index contributed by atoms with van der Waals surface area (Å²) >= 11 is 0. The third kappa shape index (κ3) is 6.32. The van der Waals surface area contributed by atoms with Gasteiger partial charge in [-0.1, -0.05) is 12.2 Å². The molecule has 2 saturated heterocycles. The van der Waals surface area contributed by atoms with Crippen LogP contribution in [-0.4, -0.2) is 136 Å². The van der Waals surface area contributed by atoms with Crippen molar-refractivity contribution in [2.45, 2.75) is 61.4 Å². The first kappa shape index (κ1) is 29.5. The van der Waals surface area contributed by atoms with Crippen molar-refractivity contribution in [1.82, 2.24) is 0 Å². The number of methoxy groups -OCH3 is 2. The van der Waals surface area contributed by atoms with Gasteiger partial charge in [0.25, 0.3) is 0 Å². The van der Waals surface area contributed by atoms with E-state index >= 15 is 0 Å². The maximum atomic E-state index is 10.8. The van der Waals surface area contributed by atoms with E-state index < -0.39 is 74.6 Å². The van der Waals surface area contributed by atoms with Crippen molar-refractivity contribution in [3.8, 4) is 17.2 Å². The molecule has 3 rings (SSSR count). The number of hydrogen-bond acceptors (Lipinski definition) is 14. The quantitative estimate of drug-likeness (QED) is 0.148. The topological polar surface area (TPSA) is 217 Å². The van der Waals surface area contributed by atoms with Gasteiger partial charge in [0.15, 0.2) is 17.8 Å². The Morgan fingerprint density at radius 3 is 1.86 bits per heavy atom. The number of aliphatic hydroxyl groups excluding tert-OH is 8. The Bertz CT molecular complexity index is 867. The molecule has 10 unspecified atom stereocenters. The monoisotopic (exact) mass is 534 g/mol. The summed E-state index contributed by atoms with van der Waals surface area (Å²) in [4.78, 5) is 0. The Hall–Kier alpha value is -2.08. The normalized spacial score (nSPS) is 36.5. The van der Waals surface area contributed by atoms with Crippen molar-refractivity contribution in [3.05, 3.63) is 23.8 Å². The zero-order valence-corrected chi connectivity index (χ0v) is 20.2. The van der Waals surface area contributed by atoms with Gasteiger partial charge in [0.2, 0.25) is 12.0 Å². The molecule has 0 aromatic heterocycles. The van der Waals surface area contributed by atoms with Crippen LogP contribution in [0.4, 0.5) is 0 Å². The lowest BCUT2D eigenvalue weighted by Crippen LogP contribution is -2.65. The van der Waals surface area contributed by atoms with Crippen molar-refractivity contribution in [2.24, 2.45) is 0 Å². The second-order valence-corrected chi connectivity index (χ2v) is 8.46. The minimum absolute atomic E-state index is 0.0207. The molecule has 1 aromatic rings. The zero-order chi connectivity index (χ0) is 27.3. The van der Waals surface area contributed by atoms with E-state index in [-0.39, 0.29) is 23.9 Å². The molecule has 37 heavy (non-hydrogen) atoms. The van der Waals surface area contributed by atoms with E-state index in [1.807, 2.05) is 0 Å². The van der Waals surface area contributed by atoms with Crippen molar-refractivity contribution < 1.29 is 69.3 Å². The summed E-state index contributed by atoms with van der Waals surface area (Å²) in [5.41, 5.74) is 0.612. The van der Waals surface area contributed by atoms with Crippen LogP contribution in [0.3, 0.4) is 0 Å². The fourth-order valence-corrected chi connectivity index (χ4v) is 4.07. The van der Waals surface area contributed by atoms with E-state index in [2.05, 4.69) is 0 Å². The largest absolute Gasteiger partial charge is 0.493 e. The summed E-state index contributed by atoms with van der Waals surface area (Å²) in [6.07, 6.45) is -12.7. The first-order valence-corrected chi connectivity index (χ1v) is 11.5. The van der Waals surface area contributed by atoms with Crippen molar-refractivity contribution in [1.29, 1.82) is 0 Å². The fraction of sp³-hybridized carbons (Fsp3) is 0.652. The van der Waals surface area contributed by atoms with E-state index in [9.17, 15) is 35.7 Å². The zero-order valence-electron chi connectivity index (χ0n) is 20.2. The van der Waals surface area contributed by atoms with Gasteiger partial charge in [-0.25, -0.2) is 0 Å². The second-order valence-electron chi connectivity index (χ2n) is 8.46. The van der Waals surface area contributed by atoms with Gasteiger partial charge >= 0.3 is 0 Å². The number of ether oxygens (including phenoxy) is 6. The van der Waals surface area contributed by atoms with Gasteiger partial charge in [0.05, 0.1) is 34.0 Å². The standard InChI is InChI=1S/C23H34O14/c1-32-11-6-10(4-3-5-24)7-12(33-2)20(11)36-23-19(31)17(29)21(14(9-26)35-23)37-22-18(30)16(28)15(27)13(8-25)34-22/h3-4,6-7,13-19,21-31H,5,8-9H2,1-2H3. The van der Waals surface area contributed by atoms with E-state index in [0.717, 1.165) is 0 Å². The SMILES string of the molecule is COc1cc(C=CCO)cc(OC)c1OC1OC(CO)C(OC2OC(CO)C(O)C(O)C2O)C(O)C1O. The molecule has 210 valence electrons. The predicted octanol–water partition coefficient (Wildman–Crippen LogP) is -3.29. The Balaban J connectivity index is 1.81. The third-order valence-corrected chi connectivity index (χ3v) is 6.09. The first-order chi connectivity index (χ1) is 17.7. The van der Waals surface area contributed by atoms with Gasteiger partial charge in [0, 0.05) is 0 Å². The van der Waals surface area contributed by atoms with Crippen LogP contribution in [0.1, 0.15) is 5.56 Å². The van der Waals surface area contributed by atoms with Gasteiger partial charge in [-0.05, 0) is 17.7 Å². The molecular weight excluding hydrogens is 500 g/mol. The average molecular weight is 535 g/mol. The van der Waals surface area contributed by atoms with Crippen molar-refractivity contribution >= 4 is 6.08 Å². The van der Waals surface area contributed by atoms with Crippen LogP contribution < -0.4 is 14.2 Å². The molecule has 1 aromatic carbocycles. The summed E-state index contributed by atoms with van der Waals surface area (Å²) < 4.78 is 33.0. The van der Waals surface area contributed by atoms with Crippen LogP contribution in [-0.2, 0) is 14.2 Å². The Morgan fingerprint density at radius 2 is 1.32 bits per heavy atom. The molecule has 2 heterocycles. The fourth-order valence-electron chi connectivity index (χ4n) is 4.07. The highest BCUT2D eigenvalue weighted by atomic mass is 16.7. The predicted molar refractivity (Wildman–Crippen MR) is 123 cm³/mol. The molecule has 0 aliphatic carbocycles. The molecule has 8 N–H and O–H groups in total. The lowest BCUT2D eigenvalue weighted by atomic mass is 9.97. The molecule has 2 aliphatic heterocycles. The molecule has 14 heteroatoms. The van der Waals surface area contributed by atoms with Gasteiger partial charge in [-0.15, -0.1) is 0 Å². The lowest BCUT2D eigenvalue weighted by molar-refractivity contribution is -0.352. The highest BCUT2D eigenvalue weighted by Gasteiger charge is 2.51. The molecule has 2 aliphatic rings. The van der Waals surface area contributed by atoms with Crippen LogP contribution in [0, 0.1) is 0 Å². The van der Waals surface area contributed by atoms with E-state index in [4.69, 9.17) is 33.5 Å². The Morgan fingerprint density at radius 1 is 0.757 bits per heavy atom. The first-order valence-electron chi connectivity index (χ1n) is 11.5. The molecule has 0 radical (unpaired) electrons. The molecule has 14 nitrogen and oxygen atoms in total. The van der Waals surface area contributed by atoms with Gasteiger partial charge in [0.1, 0.15) is 48.8 Å². The Kier molecular flexibility index (Phi) is 10.5. The van der Waals surface area contributed by atoms with E-state index in [1.54, 1.807) is 18.2 Å². The number of hydrogen-bond donors (Lipinski definition) is 8. The molecular formula is C23H34O14. The maximum absolute atomic E-state index is 10.8. The molecule has 10 atom stereocenters. The van der Waals surface area contributed by atoms with Gasteiger partial charge < -0.3 is 69.3 Å².